The Kier molecular flexibility index (Phi) is 6.00. The van der Waals surface area contributed by atoms with Gasteiger partial charge in [-0.15, -0.1) is 0 Å². The molecule has 2 aliphatic heterocycles. The molecule has 2 aromatic carbocycles. The Morgan fingerprint density at radius 3 is 2.73 bits per heavy atom. The molecule has 2 heterocycles. The van der Waals surface area contributed by atoms with Gasteiger partial charge in [-0.05, 0) is 47.4 Å². The van der Waals surface area contributed by atoms with Crippen LogP contribution in [0.15, 0.2) is 53.1 Å². The van der Waals surface area contributed by atoms with Gasteiger partial charge >= 0.3 is 0 Å². The third kappa shape index (κ3) is 3.92. The highest BCUT2D eigenvalue weighted by atomic mass is 32.2. The number of hydrogen-bond donors (Lipinski definition) is 1. The van der Waals surface area contributed by atoms with Crippen molar-refractivity contribution in [3.05, 3.63) is 58.7 Å². The van der Waals surface area contributed by atoms with Gasteiger partial charge in [0.15, 0.2) is 9.84 Å². The fourth-order valence-electron chi connectivity index (χ4n) is 4.63. The van der Waals surface area contributed by atoms with Crippen LogP contribution in [0.4, 0.5) is 0 Å². The molecule has 0 amide bonds. The molecule has 2 atom stereocenters. The van der Waals surface area contributed by atoms with E-state index in [9.17, 15) is 13.5 Å². The molecule has 0 aliphatic carbocycles. The molecule has 0 spiro atoms. The molecule has 5 nitrogen and oxygen atoms in total. The number of benzene rings is 2. The first-order valence-corrected chi connectivity index (χ1v) is 12.1. The average Bonchev–Trinajstić information content (AvgIpc) is 3.27. The Bertz CT molecular complexity index is 1110. The minimum atomic E-state index is -3.17. The second-order valence-corrected chi connectivity index (χ2v) is 10.2. The minimum Gasteiger partial charge on any atom is -0.507 e. The van der Waals surface area contributed by atoms with E-state index in [0.29, 0.717) is 6.61 Å². The van der Waals surface area contributed by atoms with Gasteiger partial charge in [0.2, 0.25) is 0 Å². The fraction of sp³-hybridized carbons (Fsp3) is 0.417. The van der Waals surface area contributed by atoms with Crippen LogP contribution in [0.5, 0.6) is 5.75 Å². The van der Waals surface area contributed by atoms with Crippen LogP contribution in [0.1, 0.15) is 31.7 Å². The van der Waals surface area contributed by atoms with E-state index in [-0.39, 0.29) is 24.2 Å². The molecule has 0 unspecified atom stereocenters. The van der Waals surface area contributed by atoms with Crippen LogP contribution in [0.3, 0.4) is 0 Å². The van der Waals surface area contributed by atoms with Crippen molar-refractivity contribution < 1.29 is 23.0 Å². The highest BCUT2D eigenvalue weighted by Crippen LogP contribution is 2.39. The molecule has 160 valence electrons. The van der Waals surface area contributed by atoms with Gasteiger partial charge in [-0.1, -0.05) is 48.9 Å². The zero-order valence-corrected chi connectivity index (χ0v) is 18.2. The van der Waals surface area contributed by atoms with Crippen LogP contribution < -0.4 is 0 Å². The molecule has 1 fully saturated rings. The van der Waals surface area contributed by atoms with Crippen LogP contribution >= 0.6 is 0 Å². The Morgan fingerprint density at radius 2 is 2.00 bits per heavy atom. The van der Waals surface area contributed by atoms with Gasteiger partial charge in [-0.25, -0.2) is 8.42 Å². The number of phenolic OH excluding ortho intramolecular Hbond substituents is 1. The Morgan fingerprint density at radius 1 is 1.23 bits per heavy atom. The maximum absolute atomic E-state index is 12.5. The third-order valence-electron chi connectivity index (χ3n) is 6.15. The van der Waals surface area contributed by atoms with Crippen molar-refractivity contribution in [1.82, 2.24) is 0 Å². The first-order valence-electron chi connectivity index (χ1n) is 10.4. The van der Waals surface area contributed by atoms with E-state index in [1.54, 1.807) is 13.2 Å². The smallest absolute Gasteiger partial charge is 0.163 e. The standard InChI is InChI=1S/C24H28O5S/c1-3-16(12-17-9-10-21(25)20-7-5-4-6-19(17)20)8-11-22-24-18(13-28-2)15-30(26,27)23(24)14-29-22/h4-7,9-10,12,22-23,25H,3,8,11,13-15H2,1-2H3/b16-12+/t22-,23+/m1/s1. The van der Waals surface area contributed by atoms with E-state index in [2.05, 4.69) is 13.0 Å². The van der Waals surface area contributed by atoms with Crippen LogP contribution in [-0.4, -0.2) is 51.0 Å². The molecule has 4 rings (SSSR count). The van der Waals surface area contributed by atoms with E-state index in [4.69, 9.17) is 9.47 Å². The number of hydrogen-bond acceptors (Lipinski definition) is 5. The summed E-state index contributed by atoms with van der Waals surface area (Å²) in [5, 5.41) is 11.5. The summed E-state index contributed by atoms with van der Waals surface area (Å²) in [6.45, 7) is 2.73. The molecule has 30 heavy (non-hydrogen) atoms. The van der Waals surface area contributed by atoms with Crippen molar-refractivity contribution in [2.75, 3.05) is 26.1 Å². The second-order valence-electron chi connectivity index (χ2n) is 8.02. The second kappa shape index (κ2) is 8.53. The Hall–Kier alpha value is -2.15. The van der Waals surface area contributed by atoms with Gasteiger partial charge in [-0.2, -0.15) is 0 Å². The predicted molar refractivity (Wildman–Crippen MR) is 119 cm³/mol. The number of allylic oxidation sites excluding steroid dienone is 1. The number of phenols is 1. The third-order valence-corrected chi connectivity index (χ3v) is 8.16. The summed E-state index contributed by atoms with van der Waals surface area (Å²) in [7, 11) is -1.57. The van der Waals surface area contributed by atoms with E-state index < -0.39 is 15.1 Å². The summed E-state index contributed by atoms with van der Waals surface area (Å²) >= 11 is 0. The maximum atomic E-state index is 12.5. The van der Waals surface area contributed by atoms with Crippen molar-refractivity contribution >= 4 is 26.7 Å². The number of rotatable bonds is 7. The van der Waals surface area contributed by atoms with Gasteiger partial charge in [0.25, 0.3) is 0 Å². The van der Waals surface area contributed by atoms with Gasteiger partial charge in [0.1, 0.15) is 11.0 Å². The quantitative estimate of drug-likeness (QED) is 0.667. The number of methoxy groups -OCH3 is 1. The van der Waals surface area contributed by atoms with E-state index in [0.717, 1.165) is 46.7 Å². The molecule has 1 saturated heterocycles. The number of fused-ring (bicyclic) bond motifs is 2. The molecule has 1 N–H and O–H groups in total. The highest BCUT2D eigenvalue weighted by Gasteiger charge is 2.46. The summed E-state index contributed by atoms with van der Waals surface area (Å²) in [6.07, 6.45) is 4.50. The van der Waals surface area contributed by atoms with Gasteiger partial charge in [0.05, 0.1) is 25.1 Å². The molecule has 2 aliphatic rings. The molecular formula is C24H28O5S. The summed E-state index contributed by atoms with van der Waals surface area (Å²) in [4.78, 5) is 0. The van der Waals surface area contributed by atoms with Crippen molar-refractivity contribution in [3.8, 4) is 5.75 Å². The number of ether oxygens (including phenoxy) is 2. The van der Waals surface area contributed by atoms with Crippen LogP contribution in [0.2, 0.25) is 0 Å². The lowest BCUT2D eigenvalue weighted by molar-refractivity contribution is 0.117. The highest BCUT2D eigenvalue weighted by molar-refractivity contribution is 7.92. The normalized spacial score (nSPS) is 23.3. The Labute approximate surface area is 177 Å². The van der Waals surface area contributed by atoms with Gasteiger partial charge < -0.3 is 14.6 Å². The SMILES string of the molecule is CC/C(=C\c1ccc(O)c2ccccc12)CC[C@H]1OC[C@H]2C1=C(COC)CS2(=O)=O. The van der Waals surface area contributed by atoms with Crippen molar-refractivity contribution in [2.45, 2.75) is 37.5 Å². The molecule has 0 bridgehead atoms. The first-order chi connectivity index (χ1) is 14.4. The zero-order chi connectivity index (χ0) is 21.3. The largest absolute Gasteiger partial charge is 0.507 e. The number of aromatic hydroxyl groups is 1. The van der Waals surface area contributed by atoms with Crippen LogP contribution in [-0.2, 0) is 19.3 Å². The summed E-state index contributed by atoms with van der Waals surface area (Å²) in [5.74, 6) is 0.377. The molecule has 6 heteroatoms. The van der Waals surface area contributed by atoms with E-state index >= 15 is 0 Å². The summed E-state index contributed by atoms with van der Waals surface area (Å²) in [5.41, 5.74) is 4.15. The van der Waals surface area contributed by atoms with Crippen LogP contribution in [0.25, 0.3) is 16.8 Å². The molecule has 0 aromatic heterocycles. The van der Waals surface area contributed by atoms with E-state index in [1.807, 2.05) is 30.3 Å². The predicted octanol–water partition coefficient (Wildman–Crippen LogP) is 4.26. The van der Waals surface area contributed by atoms with Gasteiger partial charge in [0, 0.05) is 12.5 Å². The van der Waals surface area contributed by atoms with Crippen LogP contribution in [0, 0.1) is 0 Å². The van der Waals surface area contributed by atoms with Crippen molar-refractivity contribution in [2.24, 2.45) is 0 Å². The number of sulfone groups is 1. The zero-order valence-electron chi connectivity index (χ0n) is 17.4. The Balaban J connectivity index is 1.56. The van der Waals surface area contributed by atoms with Crippen molar-refractivity contribution in [3.63, 3.8) is 0 Å². The van der Waals surface area contributed by atoms with E-state index in [1.165, 1.54) is 5.57 Å². The minimum absolute atomic E-state index is 0.0939. The summed E-state index contributed by atoms with van der Waals surface area (Å²) < 4.78 is 36.1. The summed E-state index contributed by atoms with van der Waals surface area (Å²) in [6, 6.07) is 11.5. The van der Waals surface area contributed by atoms with Gasteiger partial charge in [-0.3, -0.25) is 0 Å². The topological polar surface area (TPSA) is 72.8 Å². The van der Waals surface area contributed by atoms with Crippen molar-refractivity contribution in [1.29, 1.82) is 0 Å². The molecule has 2 aromatic rings. The monoisotopic (exact) mass is 428 g/mol. The first kappa shape index (κ1) is 21.1. The lowest BCUT2D eigenvalue weighted by Crippen LogP contribution is -2.19. The lowest BCUT2D eigenvalue weighted by atomic mass is 9.95. The lowest BCUT2D eigenvalue weighted by Gasteiger charge is -2.15. The maximum Gasteiger partial charge on any atom is 0.163 e. The molecular weight excluding hydrogens is 400 g/mol. The molecule has 0 radical (unpaired) electrons. The average molecular weight is 429 g/mol. The molecule has 0 saturated carbocycles. The fourth-order valence-corrected chi connectivity index (χ4v) is 6.56.